The molecule has 0 atom stereocenters. The summed E-state index contributed by atoms with van der Waals surface area (Å²) in [5.74, 6) is 6.44. The van der Waals surface area contributed by atoms with Crippen LogP contribution in [0.15, 0.2) is 42.5 Å². The summed E-state index contributed by atoms with van der Waals surface area (Å²) < 4.78 is 43.8. The topological polar surface area (TPSA) is 16.1 Å². The van der Waals surface area contributed by atoms with Gasteiger partial charge in [-0.15, -0.1) is 0 Å². The zero-order valence-electron chi connectivity index (χ0n) is 17.2. The SMILES string of the molecule is CCCCCN(C)CCC#Cc1ccc2c(-c3ccc(C(F)(F)F)cc3)nsc2c1. The van der Waals surface area contributed by atoms with Crippen molar-refractivity contribution in [3.05, 3.63) is 53.6 Å². The highest BCUT2D eigenvalue weighted by Gasteiger charge is 2.30. The highest BCUT2D eigenvalue weighted by Crippen LogP contribution is 2.34. The van der Waals surface area contributed by atoms with E-state index in [-0.39, 0.29) is 0 Å². The fourth-order valence-electron chi connectivity index (χ4n) is 3.20. The number of aromatic nitrogens is 1. The van der Waals surface area contributed by atoms with Gasteiger partial charge in [0.05, 0.1) is 16.0 Å². The maximum atomic E-state index is 12.8. The number of benzene rings is 2. The standard InChI is InChI=1S/C24H25F3N2S/c1-3-4-6-15-29(2)16-7-5-8-18-9-14-21-22(17-18)30-28-23(21)19-10-12-20(13-11-19)24(25,26)27/h9-14,17H,3-4,6-7,15-16H2,1-2H3. The zero-order chi connectivity index (χ0) is 21.6. The fraction of sp³-hybridized carbons (Fsp3) is 0.375. The van der Waals surface area contributed by atoms with Crippen molar-refractivity contribution in [3.63, 3.8) is 0 Å². The highest BCUT2D eigenvalue weighted by molar-refractivity contribution is 7.13. The second-order valence-corrected chi connectivity index (χ2v) is 8.18. The maximum absolute atomic E-state index is 12.8. The van der Waals surface area contributed by atoms with Crippen molar-refractivity contribution in [1.29, 1.82) is 0 Å². The van der Waals surface area contributed by atoms with Gasteiger partial charge in [0.1, 0.15) is 0 Å². The average Bonchev–Trinajstić information content (AvgIpc) is 3.14. The summed E-state index contributed by atoms with van der Waals surface area (Å²) in [6.45, 7) is 4.27. The first-order valence-electron chi connectivity index (χ1n) is 10.1. The summed E-state index contributed by atoms with van der Waals surface area (Å²) in [4.78, 5) is 2.31. The van der Waals surface area contributed by atoms with Gasteiger partial charge in [-0.05, 0) is 55.8 Å². The predicted molar refractivity (Wildman–Crippen MR) is 119 cm³/mol. The molecule has 0 aliphatic heterocycles. The van der Waals surface area contributed by atoms with Crippen molar-refractivity contribution in [1.82, 2.24) is 9.27 Å². The number of nitrogens with zero attached hydrogens (tertiary/aromatic N) is 2. The van der Waals surface area contributed by atoms with Crippen LogP contribution in [0.25, 0.3) is 21.3 Å². The van der Waals surface area contributed by atoms with Crippen molar-refractivity contribution >= 4 is 21.6 Å². The van der Waals surface area contributed by atoms with Gasteiger partial charge in [0.25, 0.3) is 0 Å². The lowest BCUT2D eigenvalue weighted by molar-refractivity contribution is -0.137. The minimum atomic E-state index is -4.33. The molecular weight excluding hydrogens is 405 g/mol. The van der Waals surface area contributed by atoms with Crippen LogP contribution in [0, 0.1) is 11.8 Å². The number of hydrogen-bond acceptors (Lipinski definition) is 3. The van der Waals surface area contributed by atoms with Crippen LogP contribution in [-0.2, 0) is 6.18 Å². The van der Waals surface area contributed by atoms with Crippen LogP contribution in [0.3, 0.4) is 0 Å². The Labute approximate surface area is 179 Å². The van der Waals surface area contributed by atoms with E-state index in [1.54, 1.807) is 0 Å². The third-order valence-electron chi connectivity index (χ3n) is 4.95. The molecule has 0 radical (unpaired) electrons. The van der Waals surface area contributed by atoms with Crippen molar-refractivity contribution in [2.45, 2.75) is 38.8 Å². The molecule has 0 bridgehead atoms. The second-order valence-electron chi connectivity index (χ2n) is 7.38. The molecular formula is C24H25F3N2S. The Kier molecular flexibility index (Phi) is 7.52. The molecule has 1 heterocycles. The minimum absolute atomic E-state index is 0.653. The molecule has 1 aromatic heterocycles. The Morgan fingerprint density at radius 2 is 1.80 bits per heavy atom. The van der Waals surface area contributed by atoms with Crippen LogP contribution >= 0.6 is 11.5 Å². The molecule has 3 aromatic rings. The van der Waals surface area contributed by atoms with Gasteiger partial charge in [-0.1, -0.05) is 49.8 Å². The Balaban J connectivity index is 1.66. The number of halogens is 3. The van der Waals surface area contributed by atoms with Crippen molar-refractivity contribution in [3.8, 4) is 23.1 Å². The molecule has 0 spiro atoms. The van der Waals surface area contributed by atoms with E-state index in [1.165, 1.54) is 42.9 Å². The molecule has 6 heteroatoms. The summed E-state index contributed by atoms with van der Waals surface area (Å²) in [6, 6.07) is 11.0. The van der Waals surface area contributed by atoms with Gasteiger partial charge < -0.3 is 4.90 Å². The summed E-state index contributed by atoms with van der Waals surface area (Å²) in [6.07, 6.45) is 0.206. The lowest BCUT2D eigenvalue weighted by Gasteiger charge is -2.14. The first-order valence-corrected chi connectivity index (χ1v) is 10.9. The van der Waals surface area contributed by atoms with E-state index in [0.29, 0.717) is 11.3 Å². The predicted octanol–water partition coefficient (Wildman–Crippen LogP) is 6.85. The molecule has 0 saturated heterocycles. The third-order valence-corrected chi connectivity index (χ3v) is 5.76. The molecule has 0 saturated carbocycles. The summed E-state index contributed by atoms with van der Waals surface area (Å²) in [7, 11) is 2.13. The molecule has 2 aromatic carbocycles. The molecule has 3 rings (SSSR count). The smallest absolute Gasteiger partial charge is 0.305 e. The first-order chi connectivity index (χ1) is 14.4. The van der Waals surface area contributed by atoms with E-state index >= 15 is 0 Å². The Morgan fingerprint density at radius 3 is 2.50 bits per heavy atom. The van der Waals surface area contributed by atoms with Crippen LogP contribution in [-0.4, -0.2) is 29.4 Å². The normalized spacial score (nSPS) is 11.7. The largest absolute Gasteiger partial charge is 0.416 e. The lowest BCUT2D eigenvalue weighted by Crippen LogP contribution is -2.20. The van der Waals surface area contributed by atoms with Gasteiger partial charge in [-0.25, -0.2) is 0 Å². The van der Waals surface area contributed by atoms with E-state index in [1.807, 2.05) is 18.2 Å². The fourth-order valence-corrected chi connectivity index (χ4v) is 4.03. The van der Waals surface area contributed by atoms with E-state index in [9.17, 15) is 13.2 Å². The Morgan fingerprint density at radius 1 is 1.03 bits per heavy atom. The van der Waals surface area contributed by atoms with E-state index < -0.39 is 11.7 Å². The van der Waals surface area contributed by atoms with Crippen LogP contribution in [0.1, 0.15) is 43.7 Å². The molecule has 0 aliphatic rings. The second kappa shape index (κ2) is 10.1. The van der Waals surface area contributed by atoms with Gasteiger partial charge in [-0.2, -0.15) is 17.5 Å². The summed E-state index contributed by atoms with van der Waals surface area (Å²) >= 11 is 1.34. The number of alkyl halides is 3. The summed E-state index contributed by atoms with van der Waals surface area (Å²) in [5.41, 5.74) is 1.66. The molecule has 30 heavy (non-hydrogen) atoms. The van der Waals surface area contributed by atoms with Gasteiger partial charge in [0.2, 0.25) is 0 Å². The third kappa shape index (κ3) is 5.84. The number of fused-ring (bicyclic) bond motifs is 1. The van der Waals surface area contributed by atoms with Crippen LogP contribution in [0.2, 0.25) is 0 Å². The quantitative estimate of drug-likeness (QED) is 0.301. The Hall–Kier alpha value is -2.36. The van der Waals surface area contributed by atoms with Crippen molar-refractivity contribution in [2.75, 3.05) is 20.1 Å². The van der Waals surface area contributed by atoms with E-state index in [4.69, 9.17) is 0 Å². The summed E-state index contributed by atoms with van der Waals surface area (Å²) in [5, 5.41) is 0.931. The van der Waals surface area contributed by atoms with Crippen LogP contribution in [0.5, 0.6) is 0 Å². The molecule has 0 fully saturated rings. The van der Waals surface area contributed by atoms with Gasteiger partial charge in [0, 0.05) is 29.5 Å². The highest BCUT2D eigenvalue weighted by atomic mass is 32.1. The average molecular weight is 431 g/mol. The molecule has 0 aliphatic carbocycles. The number of unbranched alkanes of at least 4 members (excludes halogenated alkanes) is 2. The van der Waals surface area contributed by atoms with Gasteiger partial charge >= 0.3 is 6.18 Å². The molecule has 0 unspecified atom stereocenters. The molecule has 0 N–H and O–H groups in total. The maximum Gasteiger partial charge on any atom is 0.416 e. The van der Waals surface area contributed by atoms with Crippen molar-refractivity contribution in [2.24, 2.45) is 0 Å². The zero-order valence-corrected chi connectivity index (χ0v) is 18.0. The first kappa shape index (κ1) is 22.3. The minimum Gasteiger partial charge on any atom is -0.305 e. The van der Waals surface area contributed by atoms with Gasteiger partial charge in [0.15, 0.2) is 0 Å². The number of hydrogen-bond donors (Lipinski definition) is 0. The lowest BCUT2D eigenvalue weighted by atomic mass is 10.0. The van der Waals surface area contributed by atoms with Crippen LogP contribution < -0.4 is 0 Å². The van der Waals surface area contributed by atoms with E-state index in [0.717, 1.165) is 47.3 Å². The molecule has 0 amide bonds. The molecule has 158 valence electrons. The van der Waals surface area contributed by atoms with Crippen LogP contribution in [0.4, 0.5) is 13.2 Å². The van der Waals surface area contributed by atoms with E-state index in [2.05, 4.69) is 35.1 Å². The molecule has 2 nitrogen and oxygen atoms in total. The Bertz CT molecular complexity index is 1030. The van der Waals surface area contributed by atoms with Crippen molar-refractivity contribution < 1.29 is 13.2 Å². The monoisotopic (exact) mass is 430 g/mol. The number of rotatable bonds is 7. The van der Waals surface area contributed by atoms with Gasteiger partial charge in [-0.3, -0.25) is 0 Å².